The Kier molecular flexibility index (Phi) is 8.11. The number of nitrogens with zero attached hydrogens (tertiary/aromatic N) is 3. The van der Waals surface area contributed by atoms with Crippen molar-refractivity contribution in [1.82, 2.24) is 15.0 Å². The van der Waals surface area contributed by atoms with Gasteiger partial charge in [0.15, 0.2) is 17.5 Å². The summed E-state index contributed by atoms with van der Waals surface area (Å²) < 4.78 is 0. The smallest absolute Gasteiger partial charge is 0.164 e. The number of nitrogens with one attached hydrogen (secondary N) is 1. The minimum absolute atomic E-state index is 0.0419. The zero-order chi connectivity index (χ0) is 41.5. The van der Waals surface area contributed by atoms with Crippen molar-refractivity contribution < 1.29 is 0 Å². The van der Waals surface area contributed by atoms with E-state index in [9.17, 15) is 0 Å². The molecule has 4 aliphatic carbocycles. The van der Waals surface area contributed by atoms with Gasteiger partial charge in [-0.3, -0.25) is 0 Å². The lowest BCUT2D eigenvalue weighted by atomic mass is 9.68. The molecule has 0 fully saturated rings. The molecule has 2 atom stereocenters. The first-order valence-electron chi connectivity index (χ1n) is 22.3. The number of anilines is 1. The second-order valence-electron chi connectivity index (χ2n) is 17.3. The second-order valence-corrected chi connectivity index (χ2v) is 17.3. The first-order chi connectivity index (χ1) is 31.2. The van der Waals surface area contributed by atoms with Crippen LogP contribution in [0.5, 0.6) is 0 Å². The average Bonchev–Trinajstić information content (AvgIpc) is 3.82. The van der Waals surface area contributed by atoms with Gasteiger partial charge in [0.1, 0.15) is 0 Å². The van der Waals surface area contributed by atoms with Gasteiger partial charge in [0.25, 0.3) is 0 Å². The molecule has 63 heavy (non-hydrogen) atoms. The van der Waals surface area contributed by atoms with Crippen molar-refractivity contribution in [3.05, 3.63) is 244 Å². The van der Waals surface area contributed by atoms with Gasteiger partial charge in [-0.25, -0.2) is 15.0 Å². The van der Waals surface area contributed by atoms with E-state index in [0.29, 0.717) is 17.5 Å². The largest absolute Gasteiger partial charge is 0.374 e. The predicted molar refractivity (Wildman–Crippen MR) is 257 cm³/mol. The zero-order valence-electron chi connectivity index (χ0n) is 34.7. The summed E-state index contributed by atoms with van der Waals surface area (Å²) in [5, 5.41) is 4.10. The molecular weight excluding hydrogens is 765 g/mol. The molecule has 2 unspecified atom stereocenters. The van der Waals surface area contributed by atoms with E-state index in [1.165, 1.54) is 77.9 Å². The first-order valence-corrected chi connectivity index (χ1v) is 22.3. The third-order valence-corrected chi connectivity index (χ3v) is 13.9. The van der Waals surface area contributed by atoms with E-state index in [0.717, 1.165) is 48.1 Å². The normalized spacial score (nSPS) is 18.5. The minimum Gasteiger partial charge on any atom is -0.374 e. The van der Waals surface area contributed by atoms with Crippen LogP contribution in [0.2, 0.25) is 0 Å². The van der Waals surface area contributed by atoms with E-state index in [1.54, 1.807) is 0 Å². The molecule has 8 aromatic rings. The Labute approximate surface area is 367 Å². The van der Waals surface area contributed by atoms with E-state index in [2.05, 4.69) is 163 Å². The summed E-state index contributed by atoms with van der Waals surface area (Å²) in [5.41, 5.74) is 22.3. The van der Waals surface area contributed by atoms with Crippen LogP contribution in [0, 0.1) is 0 Å². The number of aromatic nitrogens is 3. The van der Waals surface area contributed by atoms with Gasteiger partial charge < -0.3 is 5.32 Å². The highest BCUT2D eigenvalue weighted by atomic mass is 15.0. The van der Waals surface area contributed by atoms with Crippen LogP contribution in [-0.4, -0.2) is 15.0 Å². The minimum atomic E-state index is -0.349. The van der Waals surface area contributed by atoms with E-state index in [-0.39, 0.29) is 11.5 Å². The molecular formula is C59H42N4. The van der Waals surface area contributed by atoms with Crippen LogP contribution in [0.15, 0.2) is 194 Å². The molecule has 1 aromatic heterocycles. The molecule has 2 heterocycles. The fraction of sp³-hybridized carbons (Fsp3) is 0.102. The van der Waals surface area contributed by atoms with Gasteiger partial charge in [-0.15, -0.1) is 0 Å². The number of hydrogen-bond donors (Lipinski definition) is 1. The van der Waals surface area contributed by atoms with Gasteiger partial charge in [0, 0.05) is 27.9 Å². The lowest BCUT2D eigenvalue weighted by Gasteiger charge is -2.35. The molecule has 1 spiro atoms. The molecule has 0 saturated heterocycles. The lowest BCUT2D eigenvalue weighted by Crippen LogP contribution is -2.28. The van der Waals surface area contributed by atoms with Crippen LogP contribution < -0.4 is 5.32 Å². The van der Waals surface area contributed by atoms with Gasteiger partial charge in [0.2, 0.25) is 0 Å². The summed E-state index contributed by atoms with van der Waals surface area (Å²) in [6.07, 6.45) is 15.9. The Bertz CT molecular complexity index is 3250. The summed E-state index contributed by atoms with van der Waals surface area (Å²) in [7, 11) is 0. The number of hydrogen-bond acceptors (Lipinski definition) is 4. The van der Waals surface area contributed by atoms with Crippen LogP contribution in [0.25, 0.3) is 62.5 Å². The molecule has 0 amide bonds. The lowest BCUT2D eigenvalue weighted by molar-refractivity contribution is 0.714. The van der Waals surface area contributed by atoms with Gasteiger partial charge in [-0.2, -0.15) is 0 Å². The molecule has 4 heteroatoms. The van der Waals surface area contributed by atoms with Gasteiger partial charge >= 0.3 is 0 Å². The van der Waals surface area contributed by atoms with Crippen molar-refractivity contribution in [3.63, 3.8) is 0 Å². The number of fused-ring (bicyclic) bond motifs is 11. The Morgan fingerprint density at radius 3 is 1.81 bits per heavy atom. The maximum Gasteiger partial charge on any atom is 0.164 e. The van der Waals surface area contributed by atoms with Crippen LogP contribution in [0.1, 0.15) is 75.4 Å². The summed E-state index contributed by atoms with van der Waals surface area (Å²) in [6.45, 7) is 0. The summed E-state index contributed by atoms with van der Waals surface area (Å²) >= 11 is 0. The maximum absolute atomic E-state index is 5.22. The fourth-order valence-electron chi connectivity index (χ4n) is 11.2. The zero-order valence-corrected chi connectivity index (χ0v) is 34.7. The third-order valence-electron chi connectivity index (χ3n) is 13.9. The van der Waals surface area contributed by atoms with Gasteiger partial charge in [-0.1, -0.05) is 164 Å². The SMILES string of the molecule is C1=CC2=C(CC1)C1(c3ccccc32)c2ccccc2-c2cc3c(cc21)NC(c1ccccc1)C=C3c1cc(-c2nc(-c3ccccc3)nc(-c3ccccc3)n2)cc2c1CCC=C2. The van der Waals surface area contributed by atoms with Crippen LogP contribution >= 0.6 is 0 Å². The third kappa shape index (κ3) is 5.50. The van der Waals surface area contributed by atoms with Gasteiger partial charge in [-0.05, 0) is 128 Å². The van der Waals surface area contributed by atoms with Crippen LogP contribution in [-0.2, 0) is 11.8 Å². The quantitative estimate of drug-likeness (QED) is 0.188. The second kappa shape index (κ2) is 14.2. The Balaban J connectivity index is 1.06. The molecule has 0 bridgehead atoms. The molecule has 298 valence electrons. The summed E-state index contributed by atoms with van der Waals surface area (Å²) in [6, 6.07) is 59.4. The Hall–Kier alpha value is -7.69. The first kappa shape index (κ1) is 36.0. The molecule has 5 aliphatic rings. The molecule has 7 aromatic carbocycles. The fourth-order valence-corrected chi connectivity index (χ4v) is 11.2. The Morgan fingerprint density at radius 1 is 0.476 bits per heavy atom. The van der Waals surface area contributed by atoms with Crippen LogP contribution in [0.4, 0.5) is 5.69 Å². The predicted octanol–water partition coefficient (Wildman–Crippen LogP) is 13.9. The van der Waals surface area contributed by atoms with Crippen molar-refractivity contribution in [2.24, 2.45) is 0 Å². The average molecular weight is 807 g/mol. The molecule has 1 aliphatic heterocycles. The molecule has 13 rings (SSSR count). The topological polar surface area (TPSA) is 50.7 Å². The number of allylic oxidation sites excluding steroid dienone is 5. The molecule has 0 saturated carbocycles. The monoisotopic (exact) mass is 806 g/mol. The van der Waals surface area contributed by atoms with Crippen molar-refractivity contribution in [2.45, 2.75) is 37.1 Å². The van der Waals surface area contributed by atoms with E-state index in [1.807, 2.05) is 36.4 Å². The van der Waals surface area contributed by atoms with Crippen LogP contribution in [0.3, 0.4) is 0 Å². The molecule has 1 N–H and O–H groups in total. The summed E-state index contributed by atoms with van der Waals surface area (Å²) in [5.74, 6) is 1.98. The highest BCUT2D eigenvalue weighted by Crippen LogP contribution is 2.64. The molecule has 0 radical (unpaired) electrons. The highest BCUT2D eigenvalue weighted by Gasteiger charge is 2.53. The van der Waals surface area contributed by atoms with E-state index < -0.39 is 0 Å². The van der Waals surface area contributed by atoms with E-state index >= 15 is 0 Å². The maximum atomic E-state index is 5.22. The molecule has 4 nitrogen and oxygen atoms in total. The number of benzene rings is 7. The van der Waals surface area contributed by atoms with Gasteiger partial charge in [0.05, 0.1) is 11.5 Å². The van der Waals surface area contributed by atoms with Crippen molar-refractivity contribution in [2.75, 3.05) is 5.32 Å². The van der Waals surface area contributed by atoms with E-state index in [4.69, 9.17) is 15.0 Å². The van der Waals surface area contributed by atoms with Crippen molar-refractivity contribution in [3.8, 4) is 45.3 Å². The Morgan fingerprint density at radius 2 is 1.08 bits per heavy atom. The van der Waals surface area contributed by atoms with Crippen molar-refractivity contribution in [1.29, 1.82) is 0 Å². The van der Waals surface area contributed by atoms with Crippen molar-refractivity contribution >= 4 is 22.9 Å². The standard InChI is InChI=1S/C59H42N4/c1-4-18-37(19-5-1)54-35-47(46-33-41(32-40-24-10-11-25-42(40)46)58-62-56(38-20-6-2-7-21-38)61-57(63-58)39-22-8-3-9-23-39)49-34-48-45-28-14-17-31-52(45)59(53(48)36-55(49)60-54)50-29-15-12-26-43(50)44-27-13-16-30-51(44)59/h1-10,12-15,17-24,26-29,31-36,54,60H,11,16,25,30H2. The number of rotatable bonds is 5. The summed E-state index contributed by atoms with van der Waals surface area (Å²) in [4.78, 5) is 15.5. The highest BCUT2D eigenvalue weighted by molar-refractivity contribution is 6.01.